The Balaban J connectivity index is 2.57. The van der Waals surface area contributed by atoms with Crippen molar-refractivity contribution in [1.29, 1.82) is 5.26 Å². The monoisotopic (exact) mass is 380 g/mol. The number of carbonyl (C=O) groups excluding carboxylic acids is 1. The summed E-state index contributed by atoms with van der Waals surface area (Å²) in [5.74, 6) is -1.68. The van der Waals surface area contributed by atoms with Gasteiger partial charge in [0, 0.05) is 18.3 Å². The zero-order valence-electron chi connectivity index (χ0n) is 16.2. The van der Waals surface area contributed by atoms with Gasteiger partial charge in [-0.2, -0.15) is 5.26 Å². The molecule has 0 aliphatic heterocycles. The zero-order chi connectivity index (χ0) is 20.7. The normalized spacial score (nSPS) is 10.8. The smallest absolute Gasteiger partial charge is 0.339 e. The molecule has 146 valence electrons. The molecule has 7 heteroatoms. The summed E-state index contributed by atoms with van der Waals surface area (Å²) in [6.07, 6.45) is 1.73. The summed E-state index contributed by atoms with van der Waals surface area (Å²) in [4.78, 5) is 28.2. The van der Waals surface area contributed by atoms with Gasteiger partial charge in [0.25, 0.3) is 0 Å². The van der Waals surface area contributed by atoms with Gasteiger partial charge < -0.3 is 15.7 Å². The predicted molar refractivity (Wildman–Crippen MR) is 108 cm³/mol. The molecule has 0 bridgehead atoms. The molecule has 0 radical (unpaired) electrons. The molecule has 7 nitrogen and oxygen atoms in total. The lowest BCUT2D eigenvalue weighted by molar-refractivity contribution is -0.115. The topological polar surface area (TPSA) is 115 Å². The van der Waals surface area contributed by atoms with Crippen LogP contribution < -0.4 is 10.6 Å². The van der Waals surface area contributed by atoms with Gasteiger partial charge in [0.15, 0.2) is 0 Å². The lowest BCUT2D eigenvalue weighted by atomic mass is 9.92. The van der Waals surface area contributed by atoms with Gasteiger partial charge in [0.05, 0.1) is 23.1 Å². The van der Waals surface area contributed by atoms with E-state index in [-0.39, 0.29) is 28.8 Å². The molecule has 2 aromatic rings. The molecule has 1 aromatic heterocycles. The first kappa shape index (κ1) is 20.9. The first-order valence-electron chi connectivity index (χ1n) is 8.95. The van der Waals surface area contributed by atoms with Crippen LogP contribution in [0.15, 0.2) is 36.5 Å². The van der Waals surface area contributed by atoms with E-state index in [1.807, 2.05) is 30.3 Å². The Labute approximate surface area is 164 Å². The second kappa shape index (κ2) is 9.00. The van der Waals surface area contributed by atoms with Crippen molar-refractivity contribution in [3.63, 3.8) is 0 Å². The van der Waals surface area contributed by atoms with Crippen LogP contribution in [0.4, 0.5) is 11.4 Å². The number of nitrogens with zero attached hydrogens (tertiary/aromatic N) is 2. The number of hydrogen-bond donors (Lipinski definition) is 3. The fraction of sp³-hybridized carbons (Fsp3) is 0.333. The SMILES string of the molecule is CC(C)(C)CCNc1c(C(=O)O)cnc(-c2ccccc2)c1NC(=O)CC#N. The molecular formula is C21H24N4O3. The molecule has 0 atom stereocenters. The minimum atomic E-state index is -1.15. The highest BCUT2D eigenvalue weighted by Crippen LogP contribution is 2.35. The number of benzene rings is 1. The third kappa shape index (κ3) is 5.55. The number of aromatic nitrogens is 1. The standard InChI is InChI=1S/C21H24N4O3/c1-21(2,3)10-12-23-18-15(20(27)28)13-24-17(14-7-5-4-6-8-14)19(18)25-16(26)9-11-22/h4-8,13H,9-10,12H2,1-3H3,(H,23,24)(H,25,26)(H,27,28). The molecule has 0 aliphatic carbocycles. The number of carboxylic acids is 1. The van der Waals surface area contributed by atoms with Gasteiger partial charge in [0.2, 0.25) is 5.91 Å². The molecule has 28 heavy (non-hydrogen) atoms. The van der Waals surface area contributed by atoms with Crippen molar-refractivity contribution in [2.24, 2.45) is 5.41 Å². The van der Waals surface area contributed by atoms with E-state index in [4.69, 9.17) is 5.26 Å². The number of carboxylic acid groups (broad SMARTS) is 1. The third-order valence-corrected chi connectivity index (χ3v) is 4.04. The molecule has 2 rings (SSSR count). The van der Waals surface area contributed by atoms with Gasteiger partial charge in [-0.25, -0.2) is 4.79 Å². The van der Waals surface area contributed by atoms with Gasteiger partial charge in [-0.3, -0.25) is 9.78 Å². The Morgan fingerprint density at radius 2 is 1.86 bits per heavy atom. The average molecular weight is 380 g/mol. The van der Waals surface area contributed by atoms with Crippen LogP contribution in [0, 0.1) is 16.7 Å². The summed E-state index contributed by atoms with van der Waals surface area (Å²) < 4.78 is 0. The van der Waals surface area contributed by atoms with Crippen molar-refractivity contribution < 1.29 is 14.7 Å². The van der Waals surface area contributed by atoms with Crippen molar-refractivity contribution in [2.75, 3.05) is 17.2 Å². The number of pyridine rings is 1. The number of hydrogen-bond acceptors (Lipinski definition) is 5. The maximum absolute atomic E-state index is 12.1. The number of rotatable bonds is 7. The number of amides is 1. The highest BCUT2D eigenvalue weighted by atomic mass is 16.4. The molecule has 1 aromatic carbocycles. The largest absolute Gasteiger partial charge is 0.478 e. The summed E-state index contributed by atoms with van der Waals surface area (Å²) in [6, 6.07) is 11.0. The summed E-state index contributed by atoms with van der Waals surface area (Å²) in [7, 11) is 0. The predicted octanol–water partition coefficient (Wildman–Crippen LogP) is 4.15. The highest BCUT2D eigenvalue weighted by molar-refractivity contribution is 6.05. The van der Waals surface area contributed by atoms with Crippen molar-refractivity contribution in [3.8, 4) is 17.3 Å². The number of nitriles is 1. The van der Waals surface area contributed by atoms with Crippen LogP contribution in [0.3, 0.4) is 0 Å². The summed E-state index contributed by atoms with van der Waals surface area (Å²) in [5, 5.41) is 24.2. The minimum Gasteiger partial charge on any atom is -0.478 e. The molecular weight excluding hydrogens is 356 g/mol. The minimum absolute atomic E-state index is 0.0409. The maximum Gasteiger partial charge on any atom is 0.339 e. The van der Waals surface area contributed by atoms with E-state index in [2.05, 4.69) is 36.4 Å². The van der Waals surface area contributed by atoms with E-state index in [9.17, 15) is 14.7 Å². The number of anilines is 2. The second-order valence-electron chi connectivity index (χ2n) is 7.56. The molecule has 0 unspecified atom stereocenters. The Kier molecular flexibility index (Phi) is 6.72. The maximum atomic E-state index is 12.1. The van der Waals surface area contributed by atoms with E-state index in [0.29, 0.717) is 12.2 Å². The summed E-state index contributed by atoms with van der Waals surface area (Å²) in [5.41, 5.74) is 1.73. The lowest BCUT2D eigenvalue weighted by Crippen LogP contribution is -2.19. The molecule has 1 heterocycles. The Morgan fingerprint density at radius 1 is 1.18 bits per heavy atom. The van der Waals surface area contributed by atoms with Crippen molar-refractivity contribution in [3.05, 3.63) is 42.1 Å². The van der Waals surface area contributed by atoms with Crippen molar-refractivity contribution >= 4 is 23.3 Å². The van der Waals surface area contributed by atoms with E-state index in [1.54, 1.807) is 6.07 Å². The molecule has 0 aliphatic rings. The van der Waals surface area contributed by atoms with Crippen LogP contribution in [0.5, 0.6) is 0 Å². The van der Waals surface area contributed by atoms with Crippen LogP contribution >= 0.6 is 0 Å². The van der Waals surface area contributed by atoms with Gasteiger partial charge >= 0.3 is 5.97 Å². The quantitative estimate of drug-likeness (QED) is 0.665. The molecule has 0 saturated carbocycles. The van der Waals surface area contributed by atoms with Crippen LogP contribution in [0.25, 0.3) is 11.3 Å². The lowest BCUT2D eigenvalue weighted by Gasteiger charge is -2.22. The fourth-order valence-electron chi connectivity index (χ4n) is 2.61. The Hall–Kier alpha value is -3.40. The zero-order valence-corrected chi connectivity index (χ0v) is 16.2. The van der Waals surface area contributed by atoms with Crippen molar-refractivity contribution in [2.45, 2.75) is 33.6 Å². The third-order valence-electron chi connectivity index (χ3n) is 4.04. The van der Waals surface area contributed by atoms with Crippen LogP contribution in [0.1, 0.15) is 44.0 Å². The second-order valence-corrected chi connectivity index (χ2v) is 7.56. The summed E-state index contributed by atoms with van der Waals surface area (Å²) >= 11 is 0. The number of aromatic carboxylic acids is 1. The molecule has 0 saturated heterocycles. The Morgan fingerprint density at radius 3 is 2.43 bits per heavy atom. The molecule has 1 amide bonds. The number of carbonyl (C=O) groups is 2. The molecule has 3 N–H and O–H groups in total. The van der Waals surface area contributed by atoms with Gasteiger partial charge in [-0.1, -0.05) is 51.1 Å². The van der Waals surface area contributed by atoms with Gasteiger partial charge in [0.1, 0.15) is 12.0 Å². The first-order valence-corrected chi connectivity index (χ1v) is 8.95. The fourth-order valence-corrected chi connectivity index (χ4v) is 2.61. The summed E-state index contributed by atoms with van der Waals surface area (Å²) in [6.45, 7) is 6.78. The van der Waals surface area contributed by atoms with E-state index in [1.165, 1.54) is 6.20 Å². The highest BCUT2D eigenvalue weighted by Gasteiger charge is 2.22. The van der Waals surface area contributed by atoms with E-state index < -0.39 is 11.9 Å². The van der Waals surface area contributed by atoms with Crippen LogP contribution in [-0.2, 0) is 4.79 Å². The van der Waals surface area contributed by atoms with Crippen molar-refractivity contribution in [1.82, 2.24) is 4.98 Å². The van der Waals surface area contributed by atoms with Crippen LogP contribution in [-0.4, -0.2) is 28.5 Å². The molecule has 0 spiro atoms. The van der Waals surface area contributed by atoms with Gasteiger partial charge in [-0.05, 0) is 11.8 Å². The average Bonchev–Trinajstić information content (AvgIpc) is 2.62. The van der Waals surface area contributed by atoms with E-state index >= 15 is 0 Å². The number of nitrogens with one attached hydrogen (secondary N) is 2. The Bertz CT molecular complexity index is 896. The van der Waals surface area contributed by atoms with E-state index in [0.717, 1.165) is 12.0 Å². The van der Waals surface area contributed by atoms with Gasteiger partial charge in [-0.15, -0.1) is 0 Å². The van der Waals surface area contributed by atoms with Crippen LogP contribution in [0.2, 0.25) is 0 Å². The first-order chi connectivity index (χ1) is 13.2. The molecule has 0 fully saturated rings.